The van der Waals surface area contributed by atoms with E-state index in [2.05, 4.69) is 0 Å². The van der Waals surface area contributed by atoms with Crippen LogP contribution in [0.2, 0.25) is 0 Å². The molecule has 10 heteroatoms. The van der Waals surface area contributed by atoms with Crippen molar-refractivity contribution in [3.63, 3.8) is 0 Å². The minimum absolute atomic E-state index is 0.0326. The van der Waals surface area contributed by atoms with E-state index in [9.17, 15) is 19.7 Å². The summed E-state index contributed by atoms with van der Waals surface area (Å²) in [5.41, 5.74) is 0.288. The summed E-state index contributed by atoms with van der Waals surface area (Å²) in [5, 5.41) is 11.5. The van der Waals surface area contributed by atoms with Crippen LogP contribution in [0.15, 0.2) is 18.2 Å². The van der Waals surface area contributed by atoms with Crippen LogP contribution in [0.3, 0.4) is 0 Å². The van der Waals surface area contributed by atoms with Crippen LogP contribution in [0.1, 0.15) is 24.2 Å². The molecule has 0 bridgehead atoms. The lowest BCUT2D eigenvalue weighted by Crippen LogP contribution is -2.49. The van der Waals surface area contributed by atoms with Crippen molar-refractivity contribution in [1.82, 2.24) is 4.90 Å². The Morgan fingerprint density at radius 1 is 1.21 bits per heavy atom. The highest BCUT2D eigenvalue weighted by Gasteiger charge is 2.27. The number of carbonyl (C=O) groups excluding carboxylic acids is 2. The average Bonchev–Trinajstić information content (AvgIpc) is 2.71. The summed E-state index contributed by atoms with van der Waals surface area (Å²) in [4.78, 5) is 39.1. The maximum atomic E-state index is 12.3. The van der Waals surface area contributed by atoms with Gasteiger partial charge in [0, 0.05) is 32.2 Å². The molecule has 1 aromatic rings. The second-order valence-corrected chi connectivity index (χ2v) is 7.19. The molecule has 2 fully saturated rings. The summed E-state index contributed by atoms with van der Waals surface area (Å²) in [6.07, 6.45) is -0.178. The Bertz CT molecular complexity index is 769. The molecular weight excluding hydrogens is 382 g/mol. The van der Waals surface area contributed by atoms with E-state index in [1.54, 1.807) is 4.90 Å². The van der Waals surface area contributed by atoms with E-state index < -0.39 is 17.5 Å². The fourth-order valence-electron chi connectivity index (χ4n) is 3.55. The van der Waals surface area contributed by atoms with Crippen LogP contribution in [-0.2, 0) is 19.0 Å². The topological polar surface area (TPSA) is 111 Å². The van der Waals surface area contributed by atoms with Gasteiger partial charge in [0.2, 0.25) is 0 Å². The minimum atomic E-state index is -0.774. The number of benzene rings is 1. The molecule has 158 valence electrons. The highest BCUT2D eigenvalue weighted by Crippen LogP contribution is 2.30. The second-order valence-electron chi connectivity index (χ2n) is 7.19. The van der Waals surface area contributed by atoms with Gasteiger partial charge in [0.05, 0.1) is 35.9 Å². The van der Waals surface area contributed by atoms with Gasteiger partial charge in [0.1, 0.15) is 5.69 Å². The third-order valence-corrected chi connectivity index (χ3v) is 4.86. The van der Waals surface area contributed by atoms with Crippen LogP contribution in [0, 0.1) is 10.1 Å². The molecule has 1 amide bonds. The van der Waals surface area contributed by atoms with Crippen LogP contribution >= 0.6 is 0 Å². The number of carbonyl (C=O) groups is 2. The first-order chi connectivity index (χ1) is 13.8. The van der Waals surface area contributed by atoms with Gasteiger partial charge in [0.15, 0.2) is 6.61 Å². The van der Waals surface area contributed by atoms with Crippen molar-refractivity contribution in [2.75, 3.05) is 50.9 Å². The second kappa shape index (κ2) is 9.19. The molecule has 0 N–H and O–H groups in total. The highest BCUT2D eigenvalue weighted by molar-refractivity contribution is 5.93. The lowest BCUT2D eigenvalue weighted by Gasteiger charge is -2.35. The first-order valence-electron chi connectivity index (χ1n) is 9.56. The van der Waals surface area contributed by atoms with Crippen molar-refractivity contribution in [2.45, 2.75) is 26.1 Å². The maximum Gasteiger partial charge on any atom is 0.338 e. The number of nitro groups is 1. The van der Waals surface area contributed by atoms with Gasteiger partial charge in [0.25, 0.3) is 11.6 Å². The van der Waals surface area contributed by atoms with Crippen LogP contribution in [-0.4, -0.2) is 79.9 Å². The van der Waals surface area contributed by atoms with E-state index in [-0.39, 0.29) is 29.4 Å². The summed E-state index contributed by atoms with van der Waals surface area (Å²) in [6.45, 7) is 6.24. The summed E-state index contributed by atoms with van der Waals surface area (Å²) < 4.78 is 16.0. The zero-order valence-electron chi connectivity index (χ0n) is 16.5. The van der Waals surface area contributed by atoms with E-state index in [1.807, 2.05) is 18.7 Å². The van der Waals surface area contributed by atoms with Crippen molar-refractivity contribution in [1.29, 1.82) is 0 Å². The van der Waals surface area contributed by atoms with Crippen LogP contribution in [0.25, 0.3) is 0 Å². The standard InChI is InChI=1S/C19H25N3O7/c1-13-10-21(11-14(2)29-13)18(23)12-28-19(24)15-3-4-16(17(9-15)22(25)26)20-5-7-27-8-6-20/h3-4,9,13-14H,5-8,10-12H2,1-2H3/t13-,14+. The van der Waals surface area contributed by atoms with Gasteiger partial charge in [-0.15, -0.1) is 0 Å². The maximum absolute atomic E-state index is 12.3. The number of amides is 1. The number of hydrogen-bond acceptors (Lipinski definition) is 8. The number of nitro benzene ring substituents is 1. The average molecular weight is 407 g/mol. The van der Waals surface area contributed by atoms with E-state index in [0.29, 0.717) is 45.1 Å². The first-order valence-corrected chi connectivity index (χ1v) is 9.56. The zero-order valence-corrected chi connectivity index (χ0v) is 16.5. The van der Waals surface area contributed by atoms with E-state index in [1.165, 1.54) is 18.2 Å². The zero-order chi connectivity index (χ0) is 21.0. The van der Waals surface area contributed by atoms with Crippen LogP contribution < -0.4 is 4.90 Å². The molecule has 0 spiro atoms. The molecule has 0 aromatic heterocycles. The molecule has 29 heavy (non-hydrogen) atoms. The quantitative estimate of drug-likeness (QED) is 0.407. The predicted molar refractivity (Wildman–Crippen MR) is 103 cm³/mol. The summed E-state index contributed by atoms with van der Waals surface area (Å²) in [7, 11) is 0. The molecule has 1 aromatic carbocycles. The fourth-order valence-corrected chi connectivity index (χ4v) is 3.55. The Labute approximate surface area is 168 Å². The van der Waals surface area contributed by atoms with Gasteiger partial charge in [-0.2, -0.15) is 0 Å². The number of esters is 1. The summed E-state index contributed by atoms with van der Waals surface area (Å²) in [5.74, 6) is -1.09. The number of morpholine rings is 2. The Morgan fingerprint density at radius 3 is 2.48 bits per heavy atom. The van der Waals surface area contributed by atoms with Crippen LogP contribution in [0.4, 0.5) is 11.4 Å². The van der Waals surface area contributed by atoms with Crippen molar-refractivity contribution in [3.8, 4) is 0 Å². The Hall–Kier alpha value is -2.72. The summed E-state index contributed by atoms with van der Waals surface area (Å²) >= 11 is 0. The molecule has 2 aliphatic rings. The fraction of sp³-hybridized carbons (Fsp3) is 0.579. The molecule has 3 rings (SSSR count). The Morgan fingerprint density at radius 2 is 1.86 bits per heavy atom. The molecule has 2 atom stereocenters. The molecule has 2 saturated heterocycles. The molecule has 0 radical (unpaired) electrons. The van der Waals surface area contributed by atoms with E-state index in [4.69, 9.17) is 14.2 Å². The largest absolute Gasteiger partial charge is 0.452 e. The van der Waals surface area contributed by atoms with Crippen molar-refractivity contribution >= 4 is 23.3 Å². The predicted octanol–water partition coefficient (Wildman–Crippen LogP) is 1.22. The SMILES string of the molecule is C[C@@H]1CN(C(=O)COC(=O)c2ccc(N3CCOCC3)c([N+](=O)[O-])c2)C[C@H](C)O1. The smallest absolute Gasteiger partial charge is 0.338 e. The third-order valence-electron chi connectivity index (χ3n) is 4.86. The monoisotopic (exact) mass is 407 g/mol. The van der Waals surface area contributed by atoms with Gasteiger partial charge in [-0.3, -0.25) is 14.9 Å². The number of rotatable bonds is 5. The highest BCUT2D eigenvalue weighted by atomic mass is 16.6. The van der Waals surface area contributed by atoms with Gasteiger partial charge < -0.3 is 24.0 Å². The van der Waals surface area contributed by atoms with Crippen molar-refractivity contribution in [3.05, 3.63) is 33.9 Å². The molecule has 2 heterocycles. The number of nitrogens with zero attached hydrogens (tertiary/aromatic N) is 3. The Balaban J connectivity index is 1.65. The lowest BCUT2D eigenvalue weighted by molar-refractivity contribution is -0.384. The molecule has 0 unspecified atom stereocenters. The van der Waals surface area contributed by atoms with Gasteiger partial charge in [-0.1, -0.05) is 0 Å². The first kappa shape index (κ1) is 21.0. The minimum Gasteiger partial charge on any atom is -0.452 e. The third kappa shape index (κ3) is 5.21. The Kier molecular flexibility index (Phi) is 6.65. The van der Waals surface area contributed by atoms with Crippen molar-refractivity contribution in [2.24, 2.45) is 0 Å². The van der Waals surface area contributed by atoms with Gasteiger partial charge >= 0.3 is 5.97 Å². The molecule has 2 aliphatic heterocycles. The molecule has 10 nitrogen and oxygen atoms in total. The molecule has 0 saturated carbocycles. The normalized spacial score (nSPS) is 22.3. The molecule has 0 aliphatic carbocycles. The molecular formula is C19H25N3O7. The lowest BCUT2D eigenvalue weighted by atomic mass is 10.1. The number of ether oxygens (including phenoxy) is 3. The number of anilines is 1. The van der Waals surface area contributed by atoms with Gasteiger partial charge in [-0.25, -0.2) is 4.79 Å². The number of hydrogen-bond donors (Lipinski definition) is 0. The van der Waals surface area contributed by atoms with Crippen LogP contribution in [0.5, 0.6) is 0 Å². The van der Waals surface area contributed by atoms with E-state index >= 15 is 0 Å². The van der Waals surface area contributed by atoms with E-state index in [0.717, 1.165) is 0 Å². The van der Waals surface area contributed by atoms with Crippen molar-refractivity contribution < 1.29 is 28.7 Å². The van der Waals surface area contributed by atoms with Gasteiger partial charge in [-0.05, 0) is 26.0 Å². The summed E-state index contributed by atoms with van der Waals surface area (Å²) in [6, 6.07) is 4.20.